The summed E-state index contributed by atoms with van der Waals surface area (Å²) in [5.41, 5.74) is 0. The van der Waals surface area contributed by atoms with Gasteiger partial charge in [0.05, 0.1) is 0 Å². The van der Waals surface area contributed by atoms with Crippen molar-refractivity contribution in [1.29, 1.82) is 0 Å². The monoisotopic (exact) mass is 1120 g/mol. The Hall–Kier alpha value is -4.45. The van der Waals surface area contributed by atoms with Gasteiger partial charge in [0.1, 0.15) is 13.2 Å². The standard InChI is InChI=1S/C75H124O6/c1-4-7-10-13-16-19-22-24-26-28-29-30-31-32-33-34-35-36-37-38-39-40-41-42-43-44-45-47-48-50-53-56-59-62-65-68-74(77)80-71-72(70-79-73(76)67-64-61-58-55-52-21-18-15-12-9-6-3)81-75(78)69-66-63-60-57-54-51-49-46-27-25-23-20-17-14-11-8-5-2/h7,10,16-17,19-20,24-27,29-30,32-33,35-36,38-39,41-42,44-45,72H,4-6,8-9,11-15,18,21-23,28,31,34,37,40,43,46-71H2,1-3H3/b10-7-,19-16-,20-17-,26-24-,27-25-,30-29-,33-32-,36-35-,39-38-,42-41-,45-44-. The lowest BCUT2D eigenvalue weighted by molar-refractivity contribution is -0.167. The van der Waals surface area contributed by atoms with Gasteiger partial charge in [-0.15, -0.1) is 0 Å². The molecule has 0 spiro atoms. The Morgan fingerprint density at radius 3 is 0.778 bits per heavy atom. The lowest BCUT2D eigenvalue weighted by atomic mass is 10.1. The van der Waals surface area contributed by atoms with Crippen molar-refractivity contribution >= 4 is 17.9 Å². The summed E-state index contributed by atoms with van der Waals surface area (Å²) in [5.74, 6) is -0.900. The molecule has 0 aromatic carbocycles. The Labute approximate surface area is 500 Å². The number of allylic oxidation sites excluding steroid dienone is 22. The van der Waals surface area contributed by atoms with E-state index in [0.717, 1.165) is 135 Å². The molecule has 0 amide bonds. The van der Waals surface area contributed by atoms with Gasteiger partial charge in [0.15, 0.2) is 6.10 Å². The highest BCUT2D eigenvalue weighted by atomic mass is 16.6. The predicted molar refractivity (Wildman–Crippen MR) is 353 cm³/mol. The smallest absolute Gasteiger partial charge is 0.306 e. The molecular formula is C75H124O6. The van der Waals surface area contributed by atoms with Crippen LogP contribution in [0, 0.1) is 0 Å². The number of esters is 3. The van der Waals surface area contributed by atoms with Gasteiger partial charge in [0.2, 0.25) is 0 Å². The molecule has 0 saturated carbocycles. The Morgan fingerprint density at radius 2 is 0.481 bits per heavy atom. The first-order valence-corrected chi connectivity index (χ1v) is 33.7. The molecule has 460 valence electrons. The summed E-state index contributed by atoms with van der Waals surface area (Å²) in [6, 6.07) is 0. The van der Waals surface area contributed by atoms with E-state index >= 15 is 0 Å². The van der Waals surface area contributed by atoms with E-state index in [1.165, 1.54) is 128 Å². The minimum Gasteiger partial charge on any atom is -0.462 e. The quantitative estimate of drug-likeness (QED) is 0.0261. The first kappa shape index (κ1) is 76.5. The third-order valence-corrected chi connectivity index (χ3v) is 14.1. The normalized spacial score (nSPS) is 13.0. The third kappa shape index (κ3) is 66.2. The van der Waals surface area contributed by atoms with Gasteiger partial charge in [-0.25, -0.2) is 0 Å². The number of ether oxygens (including phenoxy) is 3. The van der Waals surface area contributed by atoms with Gasteiger partial charge in [0, 0.05) is 19.3 Å². The number of unbranched alkanes of at least 4 members (excludes halogenated alkanes) is 27. The Balaban J connectivity index is 4.25. The summed E-state index contributed by atoms with van der Waals surface area (Å²) < 4.78 is 16.9. The molecule has 1 unspecified atom stereocenters. The molecule has 0 aromatic rings. The molecular weight excluding hydrogens is 997 g/mol. The molecule has 0 radical (unpaired) electrons. The average Bonchev–Trinajstić information content (AvgIpc) is 3.47. The van der Waals surface area contributed by atoms with E-state index in [4.69, 9.17) is 14.2 Å². The molecule has 0 N–H and O–H groups in total. The lowest BCUT2D eigenvalue weighted by Gasteiger charge is -2.18. The summed E-state index contributed by atoms with van der Waals surface area (Å²) in [6.45, 7) is 6.49. The Bertz CT molecular complexity index is 1720. The molecule has 81 heavy (non-hydrogen) atoms. The largest absolute Gasteiger partial charge is 0.462 e. The predicted octanol–water partition coefficient (Wildman–Crippen LogP) is 23.3. The minimum absolute atomic E-state index is 0.0845. The van der Waals surface area contributed by atoms with Crippen molar-refractivity contribution in [2.24, 2.45) is 0 Å². The molecule has 0 aliphatic carbocycles. The minimum atomic E-state index is -0.789. The van der Waals surface area contributed by atoms with Crippen LogP contribution in [-0.2, 0) is 28.6 Å². The first-order chi connectivity index (χ1) is 40.0. The molecule has 1 atom stereocenters. The van der Waals surface area contributed by atoms with Crippen LogP contribution in [0.5, 0.6) is 0 Å². The maximum atomic E-state index is 12.9. The fourth-order valence-electron chi connectivity index (χ4n) is 9.11. The van der Waals surface area contributed by atoms with Crippen LogP contribution in [0.3, 0.4) is 0 Å². The fraction of sp³-hybridized carbons (Fsp3) is 0.667. The van der Waals surface area contributed by atoms with Crippen LogP contribution in [0.2, 0.25) is 0 Å². The molecule has 0 fully saturated rings. The number of carbonyl (C=O) groups excluding carboxylic acids is 3. The van der Waals surface area contributed by atoms with Crippen molar-refractivity contribution in [2.45, 2.75) is 309 Å². The maximum Gasteiger partial charge on any atom is 0.306 e. The number of hydrogen-bond acceptors (Lipinski definition) is 6. The van der Waals surface area contributed by atoms with E-state index in [1.807, 2.05) is 0 Å². The van der Waals surface area contributed by atoms with Crippen LogP contribution >= 0.6 is 0 Å². The molecule has 0 aromatic heterocycles. The first-order valence-electron chi connectivity index (χ1n) is 33.7. The molecule has 0 aliphatic heterocycles. The highest BCUT2D eigenvalue weighted by Gasteiger charge is 2.19. The zero-order chi connectivity index (χ0) is 58.5. The number of rotatable bonds is 60. The zero-order valence-corrected chi connectivity index (χ0v) is 52.8. The number of hydrogen-bond donors (Lipinski definition) is 0. The van der Waals surface area contributed by atoms with E-state index in [2.05, 4.69) is 154 Å². The SMILES string of the molecule is CC/C=C\C/C=C\C/C=C\C/C=C\C/C=C\C/C=C\C/C=C\C/C=C\C/C=C\CCCCCCCCCC(=O)OCC(COC(=O)CCCCCCCCCCCCC)OC(=O)CCCCCCCCC/C=C\C/C=C\CCCCC. The molecule has 0 saturated heterocycles. The molecule has 6 nitrogen and oxygen atoms in total. The summed E-state index contributed by atoms with van der Waals surface area (Å²) in [4.78, 5) is 38.3. The summed E-state index contributed by atoms with van der Waals surface area (Å²) in [7, 11) is 0. The number of carbonyl (C=O) groups is 3. The van der Waals surface area contributed by atoms with E-state index in [0.29, 0.717) is 19.3 Å². The van der Waals surface area contributed by atoms with Crippen molar-refractivity contribution < 1.29 is 28.6 Å². The highest BCUT2D eigenvalue weighted by Crippen LogP contribution is 2.16. The van der Waals surface area contributed by atoms with Crippen molar-refractivity contribution in [3.05, 3.63) is 134 Å². The Kier molecular flexibility index (Phi) is 64.3. The second-order valence-electron chi connectivity index (χ2n) is 22.0. The van der Waals surface area contributed by atoms with Crippen molar-refractivity contribution in [3.63, 3.8) is 0 Å². The molecule has 0 heterocycles. The average molecular weight is 1120 g/mol. The van der Waals surface area contributed by atoms with E-state index in [9.17, 15) is 14.4 Å². The topological polar surface area (TPSA) is 78.9 Å². The van der Waals surface area contributed by atoms with Crippen molar-refractivity contribution in [2.75, 3.05) is 13.2 Å². The molecule has 0 rings (SSSR count). The van der Waals surface area contributed by atoms with Gasteiger partial charge in [0.25, 0.3) is 0 Å². The van der Waals surface area contributed by atoms with Gasteiger partial charge in [-0.2, -0.15) is 0 Å². The van der Waals surface area contributed by atoms with E-state index in [1.54, 1.807) is 0 Å². The lowest BCUT2D eigenvalue weighted by Crippen LogP contribution is -2.30. The third-order valence-electron chi connectivity index (χ3n) is 14.1. The summed E-state index contributed by atoms with van der Waals surface area (Å²) >= 11 is 0. The highest BCUT2D eigenvalue weighted by molar-refractivity contribution is 5.71. The molecule has 0 aliphatic rings. The van der Waals surface area contributed by atoms with Gasteiger partial charge in [-0.3, -0.25) is 14.4 Å². The van der Waals surface area contributed by atoms with Gasteiger partial charge in [-0.05, 0) is 122 Å². The van der Waals surface area contributed by atoms with Crippen LogP contribution in [0.15, 0.2) is 134 Å². The second-order valence-corrected chi connectivity index (χ2v) is 22.0. The van der Waals surface area contributed by atoms with Crippen LogP contribution in [0.4, 0.5) is 0 Å². The van der Waals surface area contributed by atoms with Crippen LogP contribution in [0.25, 0.3) is 0 Å². The van der Waals surface area contributed by atoms with Crippen LogP contribution in [-0.4, -0.2) is 37.2 Å². The van der Waals surface area contributed by atoms with Gasteiger partial charge in [-0.1, -0.05) is 296 Å². The summed E-state index contributed by atoms with van der Waals surface area (Å²) in [5, 5.41) is 0. The zero-order valence-electron chi connectivity index (χ0n) is 52.8. The van der Waals surface area contributed by atoms with Crippen LogP contribution < -0.4 is 0 Å². The van der Waals surface area contributed by atoms with E-state index in [-0.39, 0.29) is 31.1 Å². The van der Waals surface area contributed by atoms with Gasteiger partial charge < -0.3 is 14.2 Å². The molecule has 6 heteroatoms. The maximum absolute atomic E-state index is 12.9. The fourth-order valence-corrected chi connectivity index (χ4v) is 9.11. The second kappa shape index (κ2) is 68.1. The van der Waals surface area contributed by atoms with Gasteiger partial charge >= 0.3 is 17.9 Å². The summed E-state index contributed by atoms with van der Waals surface area (Å²) in [6.07, 6.45) is 96.1. The van der Waals surface area contributed by atoms with E-state index < -0.39 is 6.10 Å². The van der Waals surface area contributed by atoms with Crippen molar-refractivity contribution in [1.82, 2.24) is 0 Å². The van der Waals surface area contributed by atoms with Crippen LogP contribution in [0.1, 0.15) is 303 Å². The van der Waals surface area contributed by atoms with Crippen molar-refractivity contribution in [3.8, 4) is 0 Å². The molecule has 0 bridgehead atoms. The Morgan fingerprint density at radius 1 is 0.259 bits per heavy atom.